The van der Waals surface area contributed by atoms with Crippen LogP contribution in [0, 0.1) is 17.6 Å². The van der Waals surface area contributed by atoms with Gasteiger partial charge in [-0.05, 0) is 106 Å². The quantitative estimate of drug-likeness (QED) is 0.248. The van der Waals surface area contributed by atoms with Crippen molar-refractivity contribution >= 4 is 0 Å². The molecule has 0 amide bonds. The van der Waals surface area contributed by atoms with Gasteiger partial charge in [0.2, 0.25) is 0 Å². The Morgan fingerprint density at radius 2 is 1.47 bits per heavy atom. The van der Waals surface area contributed by atoms with Crippen LogP contribution in [0.5, 0.6) is 0 Å². The molecule has 0 saturated heterocycles. The number of hydrogen-bond acceptors (Lipinski definition) is 2. The first-order valence-electron chi connectivity index (χ1n) is 12.7. The van der Waals surface area contributed by atoms with Gasteiger partial charge in [-0.15, -0.1) is 0 Å². The molecule has 0 radical (unpaired) electrons. The second-order valence-corrected chi connectivity index (χ2v) is 9.83. The molecule has 0 spiro atoms. The Morgan fingerprint density at radius 3 is 1.97 bits per heavy atom. The highest BCUT2D eigenvalue weighted by Crippen LogP contribution is 2.42. The van der Waals surface area contributed by atoms with E-state index in [2.05, 4.69) is 13.2 Å². The Hall–Kier alpha value is -2.01. The van der Waals surface area contributed by atoms with Crippen LogP contribution in [-0.2, 0) is 9.47 Å². The van der Waals surface area contributed by atoms with Crippen LogP contribution in [0.4, 0.5) is 13.2 Å². The third kappa shape index (κ3) is 6.78. The van der Waals surface area contributed by atoms with Gasteiger partial charge in [0.25, 0.3) is 0 Å². The minimum Gasteiger partial charge on any atom is -0.494 e. The number of allylic oxidation sites excluding steroid dienone is 3. The molecule has 0 heterocycles. The maximum absolute atomic E-state index is 15.1. The van der Waals surface area contributed by atoms with Crippen molar-refractivity contribution in [2.75, 3.05) is 13.7 Å². The summed E-state index contributed by atoms with van der Waals surface area (Å²) in [6, 6.07) is 3.63. The maximum Gasteiger partial charge on any atom is 0.162 e. The monoisotopic (exact) mass is 476 g/mol. The summed E-state index contributed by atoms with van der Waals surface area (Å²) in [7, 11) is 1.71. The summed E-state index contributed by atoms with van der Waals surface area (Å²) < 4.78 is 54.9. The lowest BCUT2D eigenvalue weighted by molar-refractivity contribution is 0.0655. The number of halogens is 3. The first-order valence-corrected chi connectivity index (χ1v) is 12.7. The Labute approximate surface area is 202 Å². The average molecular weight is 477 g/mol. The van der Waals surface area contributed by atoms with Gasteiger partial charge in [-0.25, -0.2) is 13.2 Å². The molecule has 2 nitrogen and oxygen atoms in total. The van der Waals surface area contributed by atoms with E-state index in [1.807, 2.05) is 19.1 Å². The predicted molar refractivity (Wildman–Crippen MR) is 131 cm³/mol. The predicted octanol–water partition coefficient (Wildman–Crippen LogP) is 8.65. The molecule has 0 aromatic heterocycles. The Balaban J connectivity index is 1.51. The molecule has 2 saturated carbocycles. The molecule has 2 aliphatic carbocycles. The van der Waals surface area contributed by atoms with Crippen LogP contribution in [0.2, 0.25) is 0 Å². The number of ether oxygens (including phenoxy) is 2. The van der Waals surface area contributed by atoms with Gasteiger partial charge in [0.1, 0.15) is 11.6 Å². The number of benzene rings is 1. The lowest BCUT2D eigenvalue weighted by Gasteiger charge is -2.31. The van der Waals surface area contributed by atoms with Crippen LogP contribution in [0.25, 0.3) is 0 Å². The molecule has 1 aromatic carbocycles. The normalized spacial score (nSPS) is 25.7. The molecule has 34 heavy (non-hydrogen) atoms. The van der Waals surface area contributed by atoms with Crippen LogP contribution >= 0.6 is 0 Å². The van der Waals surface area contributed by atoms with Gasteiger partial charge in [-0.3, -0.25) is 0 Å². The lowest BCUT2D eigenvalue weighted by Crippen LogP contribution is -2.20. The molecule has 0 atom stereocenters. The third-order valence-electron chi connectivity index (χ3n) is 7.69. The molecule has 1 aromatic rings. The Kier molecular flexibility index (Phi) is 9.87. The third-order valence-corrected chi connectivity index (χ3v) is 7.69. The Bertz CT molecular complexity index is 876. The minimum absolute atomic E-state index is 0.0402. The SMILES string of the molecule is C=C(/C=C(/F)C(=C)CCC1CCC(c2ccc(C3CCC(OC)CC3)c(F)c2F)CC1)OCC. The van der Waals surface area contributed by atoms with Crippen molar-refractivity contribution in [1.82, 2.24) is 0 Å². The minimum atomic E-state index is -0.662. The second kappa shape index (κ2) is 12.6. The van der Waals surface area contributed by atoms with Crippen LogP contribution in [0.15, 0.2) is 48.5 Å². The van der Waals surface area contributed by atoms with Gasteiger partial charge in [0.05, 0.1) is 12.7 Å². The second-order valence-electron chi connectivity index (χ2n) is 9.83. The van der Waals surface area contributed by atoms with Gasteiger partial charge >= 0.3 is 0 Å². The van der Waals surface area contributed by atoms with Gasteiger partial charge in [-0.2, -0.15) is 0 Å². The maximum atomic E-state index is 15.1. The van der Waals surface area contributed by atoms with Crippen molar-refractivity contribution in [2.45, 2.75) is 89.1 Å². The van der Waals surface area contributed by atoms with E-state index < -0.39 is 11.6 Å². The van der Waals surface area contributed by atoms with Gasteiger partial charge < -0.3 is 9.47 Å². The highest BCUT2D eigenvalue weighted by Gasteiger charge is 2.29. The zero-order valence-electron chi connectivity index (χ0n) is 20.7. The molecule has 0 aliphatic heterocycles. The van der Waals surface area contributed by atoms with E-state index in [0.717, 1.165) is 57.8 Å². The molecule has 0 unspecified atom stereocenters. The van der Waals surface area contributed by atoms with Crippen molar-refractivity contribution in [3.8, 4) is 0 Å². The zero-order chi connectivity index (χ0) is 24.7. The van der Waals surface area contributed by atoms with Gasteiger partial charge in [0.15, 0.2) is 11.6 Å². The van der Waals surface area contributed by atoms with Crippen LogP contribution in [-0.4, -0.2) is 19.8 Å². The van der Waals surface area contributed by atoms with Crippen molar-refractivity contribution in [3.63, 3.8) is 0 Å². The zero-order valence-corrected chi connectivity index (χ0v) is 20.7. The molecule has 0 bridgehead atoms. The molecule has 5 heteroatoms. The van der Waals surface area contributed by atoms with E-state index in [1.54, 1.807) is 7.11 Å². The average Bonchev–Trinajstić information content (AvgIpc) is 2.85. The molecule has 188 valence electrons. The fraction of sp³-hybridized carbons (Fsp3) is 0.586. The van der Waals surface area contributed by atoms with Crippen molar-refractivity contribution in [2.24, 2.45) is 5.92 Å². The lowest BCUT2D eigenvalue weighted by atomic mass is 9.76. The molecule has 3 rings (SSSR count). The highest BCUT2D eigenvalue weighted by atomic mass is 19.2. The fourth-order valence-electron chi connectivity index (χ4n) is 5.55. The molecule has 2 aliphatic rings. The first kappa shape index (κ1) is 26.6. The van der Waals surface area contributed by atoms with Crippen molar-refractivity contribution in [1.29, 1.82) is 0 Å². The van der Waals surface area contributed by atoms with E-state index >= 15 is 8.78 Å². The summed E-state index contributed by atoms with van der Waals surface area (Å²) in [6.45, 7) is 9.79. The van der Waals surface area contributed by atoms with Crippen molar-refractivity contribution in [3.05, 3.63) is 71.3 Å². The summed E-state index contributed by atoms with van der Waals surface area (Å²) in [4.78, 5) is 0. The Morgan fingerprint density at radius 1 is 0.941 bits per heavy atom. The summed E-state index contributed by atoms with van der Waals surface area (Å²) in [5.74, 6) is -0.862. The standard InChI is InChI=1S/C29H39F3O2/c1-5-34-20(3)18-27(30)19(2)6-7-21-8-10-22(11-9-21)25-16-17-26(29(32)28(25)31)23-12-14-24(33-4)15-13-23/h16-18,21-24H,2-3,5-15H2,1,4H3/b27-18+. The number of methoxy groups -OCH3 is 1. The van der Waals surface area contributed by atoms with E-state index in [4.69, 9.17) is 9.47 Å². The summed E-state index contributed by atoms with van der Waals surface area (Å²) in [6.07, 6.45) is 9.88. The molecule has 0 N–H and O–H groups in total. The van der Waals surface area contributed by atoms with Crippen LogP contribution in [0.1, 0.15) is 94.1 Å². The molecule has 2 fully saturated rings. The van der Waals surface area contributed by atoms with E-state index in [0.29, 0.717) is 41.4 Å². The summed E-state index contributed by atoms with van der Waals surface area (Å²) in [5.41, 5.74) is 1.48. The van der Waals surface area contributed by atoms with Crippen molar-refractivity contribution < 1.29 is 22.6 Å². The van der Waals surface area contributed by atoms with Gasteiger partial charge in [0, 0.05) is 13.2 Å². The smallest absolute Gasteiger partial charge is 0.162 e. The topological polar surface area (TPSA) is 18.5 Å². The highest BCUT2D eigenvalue weighted by molar-refractivity contribution is 5.32. The summed E-state index contributed by atoms with van der Waals surface area (Å²) >= 11 is 0. The molecular weight excluding hydrogens is 437 g/mol. The van der Waals surface area contributed by atoms with Crippen LogP contribution < -0.4 is 0 Å². The van der Waals surface area contributed by atoms with Gasteiger partial charge in [-0.1, -0.05) is 25.3 Å². The number of rotatable bonds is 10. The summed E-state index contributed by atoms with van der Waals surface area (Å²) in [5, 5.41) is 0. The van der Waals surface area contributed by atoms with E-state index in [1.165, 1.54) is 6.08 Å². The largest absolute Gasteiger partial charge is 0.494 e. The molecular formula is C29H39F3O2. The van der Waals surface area contributed by atoms with E-state index in [9.17, 15) is 4.39 Å². The fourth-order valence-corrected chi connectivity index (χ4v) is 5.55. The van der Waals surface area contributed by atoms with Crippen LogP contribution in [0.3, 0.4) is 0 Å². The number of hydrogen-bond donors (Lipinski definition) is 0. The van der Waals surface area contributed by atoms with E-state index in [-0.39, 0.29) is 23.8 Å². The first-order chi connectivity index (χ1) is 16.3.